The summed E-state index contributed by atoms with van der Waals surface area (Å²) in [5.41, 5.74) is 4.13. The van der Waals surface area contributed by atoms with Gasteiger partial charge in [-0.05, 0) is 63.5 Å². The van der Waals surface area contributed by atoms with Crippen molar-refractivity contribution < 1.29 is 9.53 Å². The van der Waals surface area contributed by atoms with Crippen molar-refractivity contribution in [3.05, 3.63) is 59.0 Å². The molecule has 1 fully saturated rings. The average Bonchev–Trinajstić information content (AvgIpc) is 3.19. The number of hydrogen-bond donors (Lipinski definition) is 1. The van der Waals surface area contributed by atoms with Crippen LogP contribution >= 0.6 is 0 Å². The van der Waals surface area contributed by atoms with E-state index in [2.05, 4.69) is 32.4 Å². The largest absolute Gasteiger partial charge is 0.497 e. The smallest absolute Gasteiger partial charge is 0.256 e. The first-order chi connectivity index (χ1) is 14.6. The molecule has 0 radical (unpaired) electrons. The van der Waals surface area contributed by atoms with Gasteiger partial charge < -0.3 is 10.1 Å². The number of amides is 1. The monoisotopic (exact) mass is 407 g/mol. The van der Waals surface area contributed by atoms with E-state index in [-0.39, 0.29) is 11.9 Å². The van der Waals surface area contributed by atoms with E-state index in [1.807, 2.05) is 32.0 Å². The standard InChI is InChI=1S/C23H29N5O2/c1-16-13-17(2)28-22(26-16)20(14-25-28)23(29)24-15-21(27-11-5-4-6-12-27)18-7-9-19(30-3)10-8-18/h7-10,13-14,21H,4-6,11-12,15H2,1-3H3,(H,24,29)/t21-/m1/s1. The molecule has 1 N–H and O–H groups in total. The number of aryl methyl sites for hydroxylation is 2. The molecule has 158 valence electrons. The van der Waals surface area contributed by atoms with Gasteiger partial charge in [-0.1, -0.05) is 18.6 Å². The number of ether oxygens (including phenoxy) is 1. The summed E-state index contributed by atoms with van der Waals surface area (Å²) in [7, 11) is 1.67. The molecular formula is C23H29N5O2. The Bertz CT molecular complexity index is 1020. The van der Waals surface area contributed by atoms with E-state index in [0.29, 0.717) is 17.8 Å². The maximum atomic E-state index is 13.0. The lowest BCUT2D eigenvalue weighted by Gasteiger charge is -2.35. The van der Waals surface area contributed by atoms with Crippen molar-refractivity contribution in [1.82, 2.24) is 24.8 Å². The van der Waals surface area contributed by atoms with Crippen molar-refractivity contribution in [2.75, 3.05) is 26.7 Å². The van der Waals surface area contributed by atoms with Crippen molar-refractivity contribution in [2.24, 2.45) is 0 Å². The van der Waals surface area contributed by atoms with Crippen LogP contribution in [0.3, 0.4) is 0 Å². The molecule has 0 unspecified atom stereocenters. The first kappa shape index (κ1) is 20.3. The normalized spacial score (nSPS) is 15.8. The van der Waals surface area contributed by atoms with E-state index < -0.39 is 0 Å². The Labute approximate surface area is 177 Å². The van der Waals surface area contributed by atoms with Gasteiger partial charge in [0.15, 0.2) is 5.65 Å². The number of rotatable bonds is 6. The number of nitrogens with zero attached hydrogens (tertiary/aromatic N) is 4. The summed E-state index contributed by atoms with van der Waals surface area (Å²) in [4.78, 5) is 20.0. The Kier molecular flexibility index (Phi) is 5.99. The lowest BCUT2D eigenvalue weighted by molar-refractivity contribution is 0.0926. The molecule has 0 spiro atoms. The molecule has 0 bridgehead atoms. The summed E-state index contributed by atoms with van der Waals surface area (Å²) in [6.45, 7) is 6.52. The Morgan fingerprint density at radius 2 is 1.90 bits per heavy atom. The third-order valence-electron chi connectivity index (χ3n) is 5.81. The van der Waals surface area contributed by atoms with Crippen LogP contribution in [0.5, 0.6) is 5.75 Å². The number of carbonyl (C=O) groups is 1. The van der Waals surface area contributed by atoms with Gasteiger partial charge in [-0.15, -0.1) is 0 Å². The molecule has 3 aromatic rings. The third-order valence-corrected chi connectivity index (χ3v) is 5.81. The minimum absolute atomic E-state index is 0.124. The van der Waals surface area contributed by atoms with Crippen molar-refractivity contribution in [3.63, 3.8) is 0 Å². The number of benzene rings is 1. The summed E-state index contributed by atoms with van der Waals surface area (Å²) in [6, 6.07) is 10.2. The maximum absolute atomic E-state index is 13.0. The third kappa shape index (κ3) is 4.16. The van der Waals surface area contributed by atoms with E-state index in [9.17, 15) is 4.79 Å². The van der Waals surface area contributed by atoms with Gasteiger partial charge in [0.25, 0.3) is 5.91 Å². The molecule has 0 aliphatic carbocycles. The number of piperidine rings is 1. The van der Waals surface area contributed by atoms with Crippen LogP contribution in [0.25, 0.3) is 5.65 Å². The number of fused-ring (bicyclic) bond motifs is 1. The summed E-state index contributed by atoms with van der Waals surface area (Å²) in [5.74, 6) is 0.696. The van der Waals surface area contributed by atoms with Crippen molar-refractivity contribution in [2.45, 2.75) is 39.2 Å². The van der Waals surface area contributed by atoms with Gasteiger partial charge in [0, 0.05) is 17.9 Å². The van der Waals surface area contributed by atoms with Gasteiger partial charge in [0.1, 0.15) is 11.3 Å². The predicted molar refractivity (Wildman–Crippen MR) is 116 cm³/mol. The van der Waals surface area contributed by atoms with Gasteiger partial charge in [-0.2, -0.15) is 5.10 Å². The lowest BCUT2D eigenvalue weighted by atomic mass is 10.0. The minimum atomic E-state index is -0.141. The zero-order chi connectivity index (χ0) is 21.1. The van der Waals surface area contributed by atoms with Crippen LogP contribution in [0.15, 0.2) is 36.5 Å². The molecule has 1 aromatic carbocycles. The average molecular weight is 408 g/mol. The zero-order valence-electron chi connectivity index (χ0n) is 17.9. The van der Waals surface area contributed by atoms with Crippen molar-refractivity contribution >= 4 is 11.6 Å². The molecule has 0 saturated carbocycles. The van der Waals surface area contributed by atoms with Crippen molar-refractivity contribution in [3.8, 4) is 5.75 Å². The van der Waals surface area contributed by atoms with Crippen LogP contribution in [-0.2, 0) is 0 Å². The van der Waals surface area contributed by atoms with Crippen LogP contribution < -0.4 is 10.1 Å². The Morgan fingerprint density at radius 1 is 1.17 bits per heavy atom. The van der Waals surface area contributed by atoms with Crippen LogP contribution in [-0.4, -0.2) is 52.1 Å². The van der Waals surface area contributed by atoms with Gasteiger partial charge >= 0.3 is 0 Å². The van der Waals surface area contributed by atoms with E-state index in [0.717, 1.165) is 30.2 Å². The molecule has 1 aliphatic heterocycles. The molecule has 1 saturated heterocycles. The molecule has 2 aromatic heterocycles. The van der Waals surface area contributed by atoms with Crippen LogP contribution in [0, 0.1) is 13.8 Å². The molecular weight excluding hydrogens is 378 g/mol. The van der Waals surface area contributed by atoms with Crippen LogP contribution in [0.1, 0.15) is 52.6 Å². The number of aromatic nitrogens is 3. The fourth-order valence-electron chi connectivity index (χ4n) is 4.23. The number of carbonyl (C=O) groups excluding carboxylic acids is 1. The summed E-state index contributed by atoms with van der Waals surface area (Å²) in [5, 5.41) is 7.48. The second-order valence-corrected chi connectivity index (χ2v) is 7.93. The second kappa shape index (κ2) is 8.83. The fraction of sp³-hybridized carbons (Fsp3) is 0.435. The summed E-state index contributed by atoms with van der Waals surface area (Å²) >= 11 is 0. The Balaban J connectivity index is 1.55. The lowest BCUT2D eigenvalue weighted by Crippen LogP contribution is -2.40. The Morgan fingerprint density at radius 3 is 2.60 bits per heavy atom. The summed E-state index contributed by atoms with van der Waals surface area (Å²) in [6.07, 6.45) is 5.26. The first-order valence-electron chi connectivity index (χ1n) is 10.5. The zero-order valence-corrected chi connectivity index (χ0v) is 17.9. The molecule has 4 rings (SSSR count). The number of hydrogen-bond acceptors (Lipinski definition) is 5. The number of nitrogens with one attached hydrogen (secondary N) is 1. The van der Waals surface area contributed by atoms with Gasteiger partial charge in [-0.3, -0.25) is 9.69 Å². The molecule has 1 amide bonds. The van der Waals surface area contributed by atoms with Crippen LogP contribution in [0.4, 0.5) is 0 Å². The second-order valence-electron chi connectivity index (χ2n) is 7.93. The SMILES string of the molecule is COc1ccc([C@@H](CNC(=O)c2cnn3c(C)cc(C)nc23)N2CCCCC2)cc1. The Hall–Kier alpha value is -2.93. The topological polar surface area (TPSA) is 71.8 Å². The van der Waals surface area contributed by atoms with E-state index >= 15 is 0 Å². The molecule has 1 atom stereocenters. The van der Waals surface area contributed by atoms with E-state index in [1.54, 1.807) is 17.8 Å². The van der Waals surface area contributed by atoms with Gasteiger partial charge in [0.2, 0.25) is 0 Å². The number of likely N-dealkylation sites (tertiary alicyclic amines) is 1. The van der Waals surface area contributed by atoms with E-state index in [1.165, 1.54) is 24.8 Å². The number of methoxy groups -OCH3 is 1. The highest BCUT2D eigenvalue weighted by Gasteiger charge is 2.24. The minimum Gasteiger partial charge on any atom is -0.497 e. The highest BCUT2D eigenvalue weighted by Crippen LogP contribution is 2.26. The molecule has 7 heteroatoms. The van der Waals surface area contributed by atoms with Gasteiger partial charge in [-0.25, -0.2) is 9.50 Å². The van der Waals surface area contributed by atoms with Gasteiger partial charge in [0.05, 0.1) is 19.3 Å². The molecule has 7 nitrogen and oxygen atoms in total. The first-order valence-corrected chi connectivity index (χ1v) is 10.5. The van der Waals surface area contributed by atoms with Crippen LogP contribution in [0.2, 0.25) is 0 Å². The van der Waals surface area contributed by atoms with E-state index in [4.69, 9.17) is 4.74 Å². The van der Waals surface area contributed by atoms with Crippen molar-refractivity contribution in [1.29, 1.82) is 0 Å². The quantitative estimate of drug-likeness (QED) is 0.679. The highest BCUT2D eigenvalue weighted by molar-refractivity contribution is 5.99. The molecule has 1 aliphatic rings. The summed E-state index contributed by atoms with van der Waals surface area (Å²) < 4.78 is 7.02. The fourth-order valence-corrected chi connectivity index (χ4v) is 4.23. The maximum Gasteiger partial charge on any atom is 0.256 e. The molecule has 30 heavy (non-hydrogen) atoms. The highest BCUT2D eigenvalue weighted by atomic mass is 16.5. The molecule has 3 heterocycles. The predicted octanol–water partition coefficient (Wildman–Crippen LogP) is 3.31.